The monoisotopic (exact) mass is 388 g/mol. The number of benzene rings is 1. The second-order valence-corrected chi connectivity index (χ2v) is 8.00. The number of pyridine rings is 1. The number of anilines is 2. The van der Waals surface area contributed by atoms with Gasteiger partial charge in [-0.2, -0.15) is 0 Å². The van der Waals surface area contributed by atoms with Crippen LogP contribution in [-0.4, -0.2) is 36.4 Å². The summed E-state index contributed by atoms with van der Waals surface area (Å²) in [6, 6.07) is 3.10. The fourth-order valence-electron chi connectivity index (χ4n) is 4.27. The minimum Gasteiger partial charge on any atom is -0.398 e. The van der Waals surface area contributed by atoms with Gasteiger partial charge >= 0.3 is 0 Å². The van der Waals surface area contributed by atoms with E-state index in [1.165, 1.54) is 4.90 Å². The number of aromatic nitrogens is 1. The van der Waals surface area contributed by atoms with Crippen molar-refractivity contribution >= 4 is 29.0 Å². The van der Waals surface area contributed by atoms with Crippen molar-refractivity contribution in [3.8, 4) is 11.1 Å². The van der Waals surface area contributed by atoms with Crippen LogP contribution in [0.1, 0.15) is 35.7 Å². The maximum atomic E-state index is 15.3. The van der Waals surface area contributed by atoms with Crippen LogP contribution in [0.2, 0.25) is 5.02 Å². The highest BCUT2D eigenvalue weighted by Gasteiger charge is 2.59. The minimum absolute atomic E-state index is 0.00323. The first-order valence-corrected chi connectivity index (χ1v) is 9.42. The van der Waals surface area contributed by atoms with Crippen molar-refractivity contribution in [1.82, 2.24) is 9.88 Å². The lowest BCUT2D eigenvalue weighted by Crippen LogP contribution is -2.24. The third-order valence-corrected chi connectivity index (χ3v) is 6.29. The van der Waals surface area contributed by atoms with Gasteiger partial charge in [-0.25, -0.2) is 9.37 Å². The maximum absolute atomic E-state index is 15.3. The van der Waals surface area contributed by atoms with E-state index in [0.717, 1.165) is 30.8 Å². The number of hydrogen-bond donors (Lipinski definition) is 2. The van der Waals surface area contributed by atoms with Gasteiger partial charge in [0.1, 0.15) is 11.6 Å². The molecule has 1 aliphatic heterocycles. The molecule has 2 aromatic rings. The van der Waals surface area contributed by atoms with Crippen molar-refractivity contribution in [2.75, 3.05) is 31.7 Å². The van der Waals surface area contributed by atoms with Crippen LogP contribution in [0.5, 0.6) is 0 Å². The maximum Gasteiger partial charge on any atom is 0.258 e. The zero-order chi connectivity index (χ0) is 19.5. The van der Waals surface area contributed by atoms with Gasteiger partial charge < -0.3 is 16.0 Å². The second kappa shape index (κ2) is 6.09. The molecule has 3 N–H and O–H groups in total. The molecule has 1 aliphatic carbocycles. The standard InChI is InChI=1S/C20H22ClFN4O/c1-4-10-7-20(10)9-25-18-15(20)16(21)12(8-24-18)11-5-6-13(23)14(17(11)22)19(27)26(2)3/h5-6,8,10H,4,7,9,23H2,1-3H3,(H,24,25)/t10-,20-/m0/s1. The molecule has 1 aromatic heterocycles. The Balaban J connectivity index is 1.87. The summed E-state index contributed by atoms with van der Waals surface area (Å²) in [5.74, 6) is 0.187. The Labute approximate surface area is 162 Å². The van der Waals surface area contributed by atoms with Crippen LogP contribution in [0.4, 0.5) is 15.9 Å². The number of nitrogen functional groups attached to an aromatic ring is 1. The number of halogens is 2. The molecule has 4 rings (SSSR count). The van der Waals surface area contributed by atoms with Crippen LogP contribution >= 0.6 is 11.6 Å². The zero-order valence-corrected chi connectivity index (χ0v) is 16.3. The van der Waals surface area contributed by atoms with Gasteiger partial charge in [-0.05, 0) is 24.5 Å². The zero-order valence-electron chi connectivity index (χ0n) is 15.6. The molecule has 1 aromatic carbocycles. The fourth-order valence-corrected chi connectivity index (χ4v) is 4.70. The SMILES string of the molecule is CC[C@H]1C[C@]12CNc1ncc(-c3ccc(N)c(C(=O)N(C)C)c3F)c(Cl)c12. The van der Waals surface area contributed by atoms with Gasteiger partial charge in [0.2, 0.25) is 0 Å². The molecule has 5 nitrogen and oxygen atoms in total. The highest BCUT2D eigenvalue weighted by atomic mass is 35.5. The first kappa shape index (κ1) is 18.0. The van der Waals surface area contributed by atoms with Crippen LogP contribution in [0.15, 0.2) is 18.3 Å². The normalized spacial score (nSPS) is 22.5. The van der Waals surface area contributed by atoms with E-state index in [-0.39, 0.29) is 22.2 Å². The first-order chi connectivity index (χ1) is 12.8. The molecule has 2 atom stereocenters. The lowest BCUT2D eigenvalue weighted by atomic mass is 9.92. The molecule has 2 heterocycles. The second-order valence-electron chi connectivity index (χ2n) is 7.62. The topological polar surface area (TPSA) is 71.2 Å². The van der Waals surface area contributed by atoms with E-state index in [9.17, 15) is 4.79 Å². The highest BCUT2D eigenvalue weighted by molar-refractivity contribution is 6.34. The summed E-state index contributed by atoms with van der Waals surface area (Å²) in [5.41, 5.74) is 7.55. The van der Waals surface area contributed by atoms with E-state index >= 15 is 4.39 Å². The molecule has 142 valence electrons. The van der Waals surface area contributed by atoms with Crippen molar-refractivity contribution in [2.45, 2.75) is 25.2 Å². The van der Waals surface area contributed by atoms with Gasteiger partial charge in [0.05, 0.1) is 10.6 Å². The Morgan fingerprint density at radius 2 is 2.19 bits per heavy atom. The number of nitrogens with one attached hydrogen (secondary N) is 1. The summed E-state index contributed by atoms with van der Waals surface area (Å²) in [6.07, 6.45) is 3.69. The molecule has 1 amide bonds. The van der Waals surface area contributed by atoms with Gasteiger partial charge in [-0.1, -0.05) is 24.9 Å². The molecule has 0 bridgehead atoms. The first-order valence-electron chi connectivity index (χ1n) is 9.04. The molecular weight excluding hydrogens is 367 g/mol. The lowest BCUT2D eigenvalue weighted by Gasteiger charge is -2.17. The smallest absolute Gasteiger partial charge is 0.258 e. The van der Waals surface area contributed by atoms with Crippen LogP contribution in [0.3, 0.4) is 0 Å². The third kappa shape index (κ3) is 2.50. The Morgan fingerprint density at radius 1 is 1.44 bits per heavy atom. The predicted octanol–water partition coefficient (Wildman–Crippen LogP) is 3.92. The van der Waals surface area contributed by atoms with E-state index in [0.29, 0.717) is 16.5 Å². The molecule has 1 saturated carbocycles. The molecule has 1 fully saturated rings. The Morgan fingerprint density at radius 3 is 2.81 bits per heavy atom. The van der Waals surface area contributed by atoms with Crippen LogP contribution in [-0.2, 0) is 5.41 Å². The number of carbonyl (C=O) groups is 1. The highest BCUT2D eigenvalue weighted by Crippen LogP contribution is 2.62. The molecule has 7 heteroatoms. The molecule has 0 radical (unpaired) electrons. The van der Waals surface area contributed by atoms with Crippen LogP contribution in [0.25, 0.3) is 11.1 Å². The largest absolute Gasteiger partial charge is 0.398 e. The summed E-state index contributed by atoms with van der Waals surface area (Å²) < 4.78 is 15.3. The van der Waals surface area contributed by atoms with Crippen molar-refractivity contribution in [3.63, 3.8) is 0 Å². The van der Waals surface area contributed by atoms with Gasteiger partial charge in [-0.15, -0.1) is 0 Å². The summed E-state index contributed by atoms with van der Waals surface area (Å²) in [5, 5.41) is 3.84. The number of nitrogens with two attached hydrogens (primary N) is 1. The summed E-state index contributed by atoms with van der Waals surface area (Å²) in [7, 11) is 3.12. The number of nitrogens with zero attached hydrogens (tertiary/aromatic N) is 2. The number of hydrogen-bond acceptors (Lipinski definition) is 4. The summed E-state index contributed by atoms with van der Waals surface area (Å²) >= 11 is 6.77. The fraction of sp³-hybridized carbons (Fsp3) is 0.400. The van der Waals surface area contributed by atoms with E-state index in [2.05, 4.69) is 17.2 Å². The minimum atomic E-state index is -0.666. The molecule has 1 spiro atoms. The number of carbonyl (C=O) groups excluding carboxylic acids is 1. The molecule has 27 heavy (non-hydrogen) atoms. The van der Waals surface area contributed by atoms with Crippen molar-refractivity contribution < 1.29 is 9.18 Å². The van der Waals surface area contributed by atoms with Crippen LogP contribution in [0, 0.1) is 11.7 Å². The Hall–Kier alpha value is -2.34. The van der Waals surface area contributed by atoms with Crippen molar-refractivity contribution in [3.05, 3.63) is 40.3 Å². The van der Waals surface area contributed by atoms with Gasteiger partial charge in [0.15, 0.2) is 0 Å². The number of amides is 1. The van der Waals surface area contributed by atoms with Gasteiger partial charge in [0, 0.05) is 54.6 Å². The molecule has 2 aliphatic rings. The molecular formula is C20H22ClFN4O. The van der Waals surface area contributed by atoms with E-state index in [1.54, 1.807) is 32.4 Å². The number of fused-ring (bicyclic) bond motifs is 2. The average molecular weight is 389 g/mol. The van der Waals surface area contributed by atoms with E-state index in [1.807, 2.05) is 0 Å². The third-order valence-electron chi connectivity index (χ3n) is 5.89. The summed E-state index contributed by atoms with van der Waals surface area (Å²) in [6.45, 7) is 2.98. The summed E-state index contributed by atoms with van der Waals surface area (Å²) in [4.78, 5) is 18.2. The molecule has 0 unspecified atom stereocenters. The number of rotatable bonds is 3. The van der Waals surface area contributed by atoms with E-state index < -0.39 is 11.7 Å². The Kier molecular flexibility index (Phi) is 4.07. The quantitative estimate of drug-likeness (QED) is 0.782. The van der Waals surface area contributed by atoms with Gasteiger partial charge in [-0.3, -0.25) is 4.79 Å². The van der Waals surface area contributed by atoms with Crippen molar-refractivity contribution in [1.29, 1.82) is 0 Å². The van der Waals surface area contributed by atoms with Crippen LogP contribution < -0.4 is 11.1 Å². The average Bonchev–Trinajstić information content (AvgIpc) is 3.21. The van der Waals surface area contributed by atoms with E-state index in [4.69, 9.17) is 17.3 Å². The van der Waals surface area contributed by atoms with Crippen molar-refractivity contribution in [2.24, 2.45) is 5.92 Å². The van der Waals surface area contributed by atoms with Gasteiger partial charge in [0.25, 0.3) is 5.91 Å². The Bertz CT molecular complexity index is 961. The molecule has 0 saturated heterocycles. The lowest BCUT2D eigenvalue weighted by molar-refractivity contribution is 0.0824. The predicted molar refractivity (Wildman–Crippen MR) is 106 cm³/mol.